The summed E-state index contributed by atoms with van der Waals surface area (Å²) in [6.45, 7) is 5.12. The van der Waals surface area contributed by atoms with E-state index in [-0.39, 0.29) is 11.3 Å². The van der Waals surface area contributed by atoms with E-state index in [2.05, 4.69) is 24.4 Å². The maximum absolute atomic E-state index is 13.3. The van der Waals surface area contributed by atoms with Crippen molar-refractivity contribution in [2.75, 3.05) is 6.54 Å². The average molecular weight is 436 g/mol. The van der Waals surface area contributed by atoms with Crippen LogP contribution in [-0.4, -0.2) is 23.8 Å². The van der Waals surface area contributed by atoms with Crippen molar-refractivity contribution < 1.29 is 4.79 Å². The summed E-state index contributed by atoms with van der Waals surface area (Å²) in [4.78, 5) is 13.3. The van der Waals surface area contributed by atoms with Gasteiger partial charge in [0.1, 0.15) is 5.71 Å². The minimum absolute atomic E-state index is 0.177. The molecule has 0 aliphatic heterocycles. The fourth-order valence-electron chi connectivity index (χ4n) is 8.75. The second-order valence-electron chi connectivity index (χ2n) is 11.6. The lowest BCUT2D eigenvalue weighted by atomic mass is 9.49. The van der Waals surface area contributed by atoms with E-state index >= 15 is 0 Å². The van der Waals surface area contributed by atoms with Crippen molar-refractivity contribution in [3.05, 3.63) is 24.3 Å². The van der Waals surface area contributed by atoms with E-state index in [1.54, 1.807) is 6.08 Å². The summed E-state index contributed by atoms with van der Waals surface area (Å²) < 4.78 is 0. The number of allylic oxidation sites excluding steroid dienone is 4. The Kier molecular flexibility index (Phi) is 6.15. The van der Waals surface area contributed by atoms with Crippen LogP contribution in [0.1, 0.15) is 78.1 Å². The molecule has 4 saturated carbocycles. The van der Waals surface area contributed by atoms with E-state index in [0.717, 1.165) is 41.9 Å². The third kappa shape index (κ3) is 3.82. The fraction of sp³-hybridized carbons (Fsp3) is 0.750. The minimum atomic E-state index is 0.177. The Morgan fingerprint density at radius 1 is 1.06 bits per heavy atom. The van der Waals surface area contributed by atoms with Crippen LogP contribution in [0.4, 0.5) is 0 Å². The Bertz CT molecular complexity index is 842. The van der Waals surface area contributed by atoms with E-state index in [4.69, 9.17) is 5.41 Å². The predicted octanol–water partition coefficient (Wildman–Crippen LogP) is 5.94. The van der Waals surface area contributed by atoms with Crippen LogP contribution < -0.4 is 5.43 Å². The van der Waals surface area contributed by atoms with Gasteiger partial charge in [-0.1, -0.05) is 38.8 Å². The van der Waals surface area contributed by atoms with Crippen LogP contribution in [0.15, 0.2) is 29.4 Å². The molecule has 0 radical (unpaired) electrons. The molecule has 4 heteroatoms. The smallest absolute Gasteiger partial charge is 0.157 e. The van der Waals surface area contributed by atoms with Gasteiger partial charge in [0, 0.05) is 5.92 Å². The Hall–Kier alpha value is -1.71. The molecule has 0 heterocycles. The first-order valence-electron chi connectivity index (χ1n) is 13.3. The second kappa shape index (κ2) is 8.91. The number of rotatable bonds is 5. The topological polar surface area (TPSA) is 65.3 Å². The molecule has 5 aliphatic rings. The molecular formula is C28H41N3O. The number of nitrogens with zero attached hydrogens (tertiary/aromatic N) is 1. The molecule has 0 spiro atoms. The molecule has 5 aliphatic carbocycles. The van der Waals surface area contributed by atoms with Crippen LogP contribution in [0.25, 0.3) is 0 Å². The van der Waals surface area contributed by atoms with Gasteiger partial charge in [0.25, 0.3) is 0 Å². The second-order valence-corrected chi connectivity index (χ2v) is 11.6. The van der Waals surface area contributed by atoms with E-state index in [1.807, 2.05) is 18.2 Å². The van der Waals surface area contributed by atoms with Crippen molar-refractivity contribution in [1.29, 1.82) is 5.41 Å². The molecule has 0 aromatic carbocycles. The first-order chi connectivity index (χ1) is 15.5. The molecule has 5 rings (SSSR count). The lowest BCUT2D eigenvalue weighted by Crippen LogP contribution is -2.49. The zero-order valence-corrected chi connectivity index (χ0v) is 20.0. The monoisotopic (exact) mass is 435 g/mol. The molecule has 0 aromatic heterocycles. The Morgan fingerprint density at radius 2 is 1.88 bits per heavy atom. The maximum Gasteiger partial charge on any atom is 0.157 e. The van der Waals surface area contributed by atoms with Gasteiger partial charge < -0.3 is 5.43 Å². The largest absolute Gasteiger partial charge is 0.302 e. The van der Waals surface area contributed by atoms with Crippen LogP contribution >= 0.6 is 0 Å². The third-order valence-electron chi connectivity index (χ3n) is 10.4. The van der Waals surface area contributed by atoms with Crippen molar-refractivity contribution >= 4 is 17.2 Å². The molecule has 2 N–H and O–H groups in total. The molecule has 0 amide bonds. The molecule has 32 heavy (non-hydrogen) atoms. The first kappa shape index (κ1) is 22.1. The van der Waals surface area contributed by atoms with Gasteiger partial charge in [-0.05, 0) is 104 Å². The summed E-state index contributed by atoms with van der Waals surface area (Å²) >= 11 is 0. The summed E-state index contributed by atoms with van der Waals surface area (Å²) in [6.07, 6.45) is 20.8. The summed E-state index contributed by atoms with van der Waals surface area (Å²) in [5, 5.41) is 12.2. The molecule has 0 bridgehead atoms. The SMILES string of the molecule is CCC1CCC2C(CCC3C2CCC2(C)C(C(=O)CN/N=C4/C=CC=CC4=N)CCC32)C1. The van der Waals surface area contributed by atoms with Gasteiger partial charge >= 0.3 is 0 Å². The number of hydrogen-bond acceptors (Lipinski definition) is 4. The van der Waals surface area contributed by atoms with Gasteiger partial charge in [-0.2, -0.15) is 5.10 Å². The van der Waals surface area contributed by atoms with Gasteiger partial charge in [-0.15, -0.1) is 0 Å². The van der Waals surface area contributed by atoms with Crippen LogP contribution in [-0.2, 0) is 4.79 Å². The van der Waals surface area contributed by atoms with Crippen LogP contribution in [0.2, 0.25) is 0 Å². The zero-order valence-electron chi connectivity index (χ0n) is 20.0. The minimum Gasteiger partial charge on any atom is -0.302 e. The average Bonchev–Trinajstić information content (AvgIpc) is 3.17. The lowest BCUT2D eigenvalue weighted by Gasteiger charge is -2.56. The highest BCUT2D eigenvalue weighted by Gasteiger charge is 2.58. The number of carbonyl (C=O) groups excluding carboxylic acids is 1. The van der Waals surface area contributed by atoms with Crippen molar-refractivity contribution in [2.45, 2.75) is 78.1 Å². The van der Waals surface area contributed by atoms with Gasteiger partial charge in [-0.3, -0.25) is 10.2 Å². The molecule has 4 fully saturated rings. The molecule has 0 aromatic rings. The molecule has 8 unspecified atom stereocenters. The first-order valence-corrected chi connectivity index (χ1v) is 13.3. The van der Waals surface area contributed by atoms with Crippen LogP contribution in [0.5, 0.6) is 0 Å². The van der Waals surface area contributed by atoms with Crippen molar-refractivity contribution in [3.63, 3.8) is 0 Å². The van der Waals surface area contributed by atoms with Gasteiger partial charge in [0.05, 0.1) is 12.3 Å². The maximum atomic E-state index is 13.3. The Labute approximate surface area is 193 Å². The third-order valence-corrected chi connectivity index (χ3v) is 10.4. The highest BCUT2D eigenvalue weighted by molar-refractivity contribution is 6.49. The fourth-order valence-corrected chi connectivity index (χ4v) is 8.75. The van der Waals surface area contributed by atoms with Gasteiger partial charge in [0.15, 0.2) is 5.78 Å². The number of nitrogens with one attached hydrogen (secondary N) is 2. The number of Topliss-reactive ketones (excluding diaryl/α,β-unsaturated/α-hetero) is 1. The Balaban J connectivity index is 1.22. The van der Waals surface area contributed by atoms with E-state index in [1.165, 1.54) is 57.8 Å². The quantitative estimate of drug-likeness (QED) is 0.414. The molecule has 8 atom stereocenters. The Morgan fingerprint density at radius 3 is 2.69 bits per heavy atom. The number of fused-ring (bicyclic) bond motifs is 5. The highest BCUT2D eigenvalue weighted by Crippen LogP contribution is 2.64. The predicted molar refractivity (Wildman–Crippen MR) is 131 cm³/mol. The number of ketones is 1. The van der Waals surface area contributed by atoms with Gasteiger partial charge in [-0.25, -0.2) is 0 Å². The summed E-state index contributed by atoms with van der Waals surface area (Å²) in [5.41, 5.74) is 4.17. The van der Waals surface area contributed by atoms with Crippen molar-refractivity contribution in [3.8, 4) is 0 Å². The van der Waals surface area contributed by atoms with Crippen LogP contribution in [0, 0.1) is 52.2 Å². The standard InChI is InChI=1S/C28H41N3O/c1-3-18-8-10-20-19(16-18)9-11-22-21(20)14-15-28(2)23(22)12-13-24(28)27(32)17-30-31-26-7-5-4-6-25(26)29/h4-7,18-24,29-30H,3,8-17H2,1-2H3/b29-25?,31-26-. The number of hydrazone groups is 1. The molecule has 4 nitrogen and oxygen atoms in total. The van der Waals surface area contributed by atoms with Crippen LogP contribution in [0.3, 0.4) is 0 Å². The highest BCUT2D eigenvalue weighted by atomic mass is 16.1. The molecule has 174 valence electrons. The van der Waals surface area contributed by atoms with E-state index in [0.29, 0.717) is 23.8 Å². The molecule has 0 saturated heterocycles. The number of hydrogen-bond donors (Lipinski definition) is 2. The van der Waals surface area contributed by atoms with Crippen molar-refractivity contribution in [1.82, 2.24) is 5.43 Å². The number of carbonyl (C=O) groups is 1. The lowest BCUT2D eigenvalue weighted by molar-refractivity contribution is -0.129. The van der Waals surface area contributed by atoms with Gasteiger partial charge in [0.2, 0.25) is 0 Å². The summed E-state index contributed by atoms with van der Waals surface area (Å²) in [6, 6.07) is 0. The summed E-state index contributed by atoms with van der Waals surface area (Å²) in [5.74, 6) is 5.98. The van der Waals surface area contributed by atoms with E-state index in [9.17, 15) is 4.79 Å². The van der Waals surface area contributed by atoms with Crippen molar-refractivity contribution in [2.24, 2.45) is 51.9 Å². The summed E-state index contributed by atoms with van der Waals surface area (Å²) in [7, 11) is 0. The normalized spacial score (nSPS) is 44.1. The van der Waals surface area contributed by atoms with E-state index < -0.39 is 0 Å². The zero-order chi connectivity index (χ0) is 22.3. The molecular weight excluding hydrogens is 394 g/mol.